The zero-order valence-electron chi connectivity index (χ0n) is 44.8. The van der Waals surface area contributed by atoms with Gasteiger partial charge in [-0.3, -0.25) is 0 Å². The molecule has 0 spiro atoms. The van der Waals surface area contributed by atoms with Gasteiger partial charge in [-0.25, -0.2) is 0 Å². The van der Waals surface area contributed by atoms with Crippen LogP contribution < -0.4 is 9.47 Å². The average molecular weight is 949 g/mol. The van der Waals surface area contributed by atoms with E-state index >= 15 is 0 Å². The maximum absolute atomic E-state index is 10.7. The molecule has 5 rings (SSSR count). The Kier molecular flexibility index (Phi) is 20.9. The van der Waals surface area contributed by atoms with Crippen LogP contribution in [0.5, 0.6) is 11.5 Å². The van der Waals surface area contributed by atoms with Gasteiger partial charge >= 0.3 is 0 Å². The van der Waals surface area contributed by atoms with Gasteiger partial charge in [-0.2, -0.15) is 0 Å². The third-order valence-electron chi connectivity index (χ3n) is 15.2. The van der Waals surface area contributed by atoms with Crippen LogP contribution in [-0.4, -0.2) is 76.1 Å². The minimum Gasteiger partial charge on any atom is -0.491 e. The summed E-state index contributed by atoms with van der Waals surface area (Å²) in [5.41, 5.74) is 10.3. The second kappa shape index (κ2) is 25.2. The number of rotatable bonds is 23. The number of aliphatic hydroxyl groups excluding tert-OH is 2. The highest BCUT2D eigenvalue weighted by molar-refractivity contribution is 5.59. The van der Waals surface area contributed by atoms with E-state index in [0.717, 1.165) is 59.4 Å². The number of aliphatic hydroxyl groups is 4. The van der Waals surface area contributed by atoms with Crippen molar-refractivity contribution < 1.29 is 39.4 Å². The van der Waals surface area contributed by atoms with Crippen molar-refractivity contribution in [2.24, 2.45) is 0 Å². The summed E-state index contributed by atoms with van der Waals surface area (Å²) in [6.45, 7) is 30.2. The number of benzene rings is 4. The lowest BCUT2D eigenvalue weighted by molar-refractivity contribution is -0.141. The topological polar surface area (TPSA) is 118 Å². The Bertz CT molecular complexity index is 2290. The number of aryl methyl sites for hydroxylation is 4. The largest absolute Gasteiger partial charge is 0.491 e. The van der Waals surface area contributed by atoms with Crippen LogP contribution in [0.4, 0.5) is 0 Å². The van der Waals surface area contributed by atoms with Gasteiger partial charge in [0.15, 0.2) is 5.79 Å². The molecule has 0 saturated carbocycles. The molecule has 1 saturated heterocycles. The molecule has 1 fully saturated rings. The van der Waals surface area contributed by atoms with Crippen LogP contribution in [0.25, 0.3) is 12.2 Å². The second-order valence-corrected chi connectivity index (χ2v) is 19.9. The molecule has 1 heterocycles. The van der Waals surface area contributed by atoms with E-state index in [1.807, 2.05) is 72.8 Å². The summed E-state index contributed by atoms with van der Waals surface area (Å²) in [6, 6.07) is 26.3. The van der Waals surface area contributed by atoms with Gasteiger partial charge in [0.1, 0.15) is 36.9 Å². The van der Waals surface area contributed by atoms with Gasteiger partial charge in [0.05, 0.1) is 24.4 Å². The summed E-state index contributed by atoms with van der Waals surface area (Å²) in [4.78, 5) is 0. The fourth-order valence-electron chi connectivity index (χ4n) is 9.73. The quantitative estimate of drug-likeness (QED) is 0.0581. The summed E-state index contributed by atoms with van der Waals surface area (Å²) in [5, 5.41) is 39.8. The van der Waals surface area contributed by atoms with Gasteiger partial charge in [-0.1, -0.05) is 140 Å². The van der Waals surface area contributed by atoms with Gasteiger partial charge in [-0.15, -0.1) is 0 Å². The Hall–Kier alpha value is -4.28. The Balaban J connectivity index is 0.000000302. The molecule has 0 radical (unpaired) electrons. The van der Waals surface area contributed by atoms with Gasteiger partial charge in [-0.05, 0) is 161 Å². The van der Waals surface area contributed by atoms with Crippen molar-refractivity contribution in [3.63, 3.8) is 0 Å². The molecule has 8 nitrogen and oxygen atoms in total. The highest BCUT2D eigenvalue weighted by Crippen LogP contribution is 2.43. The maximum atomic E-state index is 10.7. The lowest BCUT2D eigenvalue weighted by atomic mass is 9.70. The lowest BCUT2D eigenvalue weighted by Gasteiger charge is -2.34. The van der Waals surface area contributed by atoms with E-state index in [1.165, 1.54) is 33.4 Å². The molecule has 0 aliphatic carbocycles. The summed E-state index contributed by atoms with van der Waals surface area (Å²) >= 11 is 0. The Morgan fingerprint density at radius 2 is 0.957 bits per heavy atom. The zero-order chi connectivity index (χ0) is 51.2. The standard InChI is InChI=1S/C32H46O4.C29H42O4/c1-9-31(33,10-2)18-17-25-13-14-26(19-23(25)5)32(11-3,12-4)27-15-16-29(24(6)20-27)34-21-28-22-35-30(7,8)36-28;1-7-28(32,8-2)16-15-23-11-12-24(17-21(23)5)29(9-3,10-4)25-13-14-27(22(6)18-25)33-20-26(31)19-30/h13-20,28,33H,9-12,21-22H2,1-8H3;11-18,26,30-32H,7-10,19-20H2,1-6H3/b18-17+;16-15+/t28-;26-/m10/s1. The molecule has 0 amide bonds. The SMILES string of the molecule is CCC(O)(/C=C/c1ccc(C(CC)(CC)c2ccc(OC[C@@H](O)CO)c(C)c2)cc1C)CC.CCC(O)(/C=C/c1ccc(C(CC)(CC)c2ccc(OC[C@@H]3COC(C)(C)O3)c(C)c2)cc1C)CC. The van der Waals surface area contributed by atoms with E-state index in [1.54, 1.807) is 0 Å². The minimum atomic E-state index is -0.879. The van der Waals surface area contributed by atoms with Crippen LogP contribution >= 0.6 is 0 Å². The Labute approximate surface area is 416 Å². The molecule has 8 heteroatoms. The molecular formula is C61H88O8. The van der Waals surface area contributed by atoms with Gasteiger partial charge in [0.2, 0.25) is 0 Å². The van der Waals surface area contributed by atoms with Crippen LogP contribution in [0, 0.1) is 27.7 Å². The van der Waals surface area contributed by atoms with E-state index in [2.05, 4.69) is 121 Å². The molecule has 0 aromatic heterocycles. The van der Waals surface area contributed by atoms with E-state index in [9.17, 15) is 15.3 Å². The van der Waals surface area contributed by atoms with Crippen LogP contribution in [-0.2, 0) is 20.3 Å². The molecule has 1 aliphatic heterocycles. The minimum absolute atomic E-state index is 0.0503. The molecule has 4 N–H and O–H groups in total. The van der Waals surface area contributed by atoms with Crippen molar-refractivity contribution in [2.75, 3.05) is 26.4 Å². The van der Waals surface area contributed by atoms with Crippen molar-refractivity contribution in [2.45, 2.75) is 188 Å². The van der Waals surface area contributed by atoms with E-state index in [0.29, 0.717) is 38.9 Å². The summed E-state index contributed by atoms with van der Waals surface area (Å²) in [6.07, 6.45) is 13.8. The summed E-state index contributed by atoms with van der Waals surface area (Å²) in [7, 11) is 0. The highest BCUT2D eigenvalue weighted by atomic mass is 16.7. The predicted octanol–water partition coefficient (Wildman–Crippen LogP) is 13.2. The van der Waals surface area contributed by atoms with E-state index < -0.39 is 23.1 Å². The van der Waals surface area contributed by atoms with Crippen molar-refractivity contribution >= 4 is 12.2 Å². The first-order chi connectivity index (χ1) is 32.7. The molecule has 380 valence electrons. The van der Waals surface area contributed by atoms with E-state index in [-0.39, 0.29) is 30.1 Å². The lowest BCUT2D eigenvalue weighted by Crippen LogP contribution is -2.27. The van der Waals surface area contributed by atoms with Crippen molar-refractivity contribution in [3.05, 3.63) is 141 Å². The van der Waals surface area contributed by atoms with Crippen LogP contribution in [0.15, 0.2) is 84.9 Å². The molecule has 0 unspecified atom stereocenters. The molecule has 4 aromatic rings. The first kappa shape index (κ1) is 57.3. The monoisotopic (exact) mass is 949 g/mol. The van der Waals surface area contributed by atoms with Crippen LogP contribution in [0.2, 0.25) is 0 Å². The van der Waals surface area contributed by atoms with Crippen LogP contribution in [0.3, 0.4) is 0 Å². The maximum Gasteiger partial charge on any atom is 0.163 e. The van der Waals surface area contributed by atoms with Crippen molar-refractivity contribution in [1.29, 1.82) is 0 Å². The number of hydrogen-bond donors (Lipinski definition) is 4. The smallest absolute Gasteiger partial charge is 0.163 e. The predicted molar refractivity (Wildman–Crippen MR) is 286 cm³/mol. The third kappa shape index (κ3) is 14.2. The summed E-state index contributed by atoms with van der Waals surface area (Å²) in [5.74, 6) is 1.08. The van der Waals surface area contributed by atoms with Crippen LogP contribution in [0.1, 0.15) is 176 Å². The Morgan fingerprint density at radius 1 is 0.580 bits per heavy atom. The normalized spacial score (nSPS) is 15.9. The molecule has 1 aliphatic rings. The third-order valence-corrected chi connectivity index (χ3v) is 15.2. The second-order valence-electron chi connectivity index (χ2n) is 19.9. The molecular weight excluding hydrogens is 861 g/mol. The Morgan fingerprint density at radius 3 is 1.28 bits per heavy atom. The number of hydrogen-bond acceptors (Lipinski definition) is 8. The average Bonchev–Trinajstić information content (AvgIpc) is 3.71. The van der Waals surface area contributed by atoms with E-state index in [4.69, 9.17) is 24.1 Å². The van der Waals surface area contributed by atoms with Crippen molar-refractivity contribution in [1.82, 2.24) is 0 Å². The molecule has 69 heavy (non-hydrogen) atoms. The van der Waals surface area contributed by atoms with Gasteiger partial charge in [0.25, 0.3) is 0 Å². The van der Waals surface area contributed by atoms with Gasteiger partial charge < -0.3 is 39.4 Å². The molecule has 0 bridgehead atoms. The fourth-order valence-corrected chi connectivity index (χ4v) is 9.73. The molecule has 4 aromatic carbocycles. The first-order valence-electron chi connectivity index (χ1n) is 25.8. The number of ether oxygens (including phenoxy) is 4. The first-order valence-corrected chi connectivity index (χ1v) is 25.8. The van der Waals surface area contributed by atoms with Gasteiger partial charge in [0, 0.05) is 10.8 Å². The zero-order valence-corrected chi connectivity index (χ0v) is 44.8. The highest BCUT2D eigenvalue weighted by Gasteiger charge is 2.35. The summed E-state index contributed by atoms with van der Waals surface area (Å²) < 4.78 is 23.4. The molecule has 2 atom stereocenters. The van der Waals surface area contributed by atoms with Crippen molar-refractivity contribution in [3.8, 4) is 11.5 Å². The fraction of sp³-hybridized carbons (Fsp3) is 0.541.